The molecule has 0 amide bonds. The number of alkyl halides is 1. The number of aliphatic carboxylic acids is 1. The Kier molecular flexibility index (Phi) is 3.66. The van der Waals surface area contributed by atoms with Gasteiger partial charge in [-0.25, -0.2) is 4.39 Å². The van der Waals surface area contributed by atoms with Gasteiger partial charge in [0.25, 0.3) is 0 Å². The molecule has 0 heterocycles. The quantitative estimate of drug-likeness (QED) is 0.735. The second-order valence-corrected chi connectivity index (χ2v) is 3.36. The number of halogens is 1. The van der Waals surface area contributed by atoms with Crippen molar-refractivity contribution in [2.24, 2.45) is 5.92 Å². The van der Waals surface area contributed by atoms with Crippen LogP contribution in [0.25, 0.3) is 0 Å². The van der Waals surface area contributed by atoms with E-state index in [9.17, 15) is 9.18 Å². The lowest BCUT2D eigenvalue weighted by Crippen LogP contribution is -2.35. The molecule has 1 aliphatic carbocycles. The minimum atomic E-state index is -1.12. The van der Waals surface area contributed by atoms with Gasteiger partial charge in [0.15, 0.2) is 0 Å². The monoisotopic (exact) mass is 190 g/mol. The molecule has 0 spiro atoms. The summed E-state index contributed by atoms with van der Waals surface area (Å²) in [5.74, 6) is -1.41. The fourth-order valence-corrected chi connectivity index (χ4v) is 1.71. The second kappa shape index (κ2) is 4.56. The summed E-state index contributed by atoms with van der Waals surface area (Å²) >= 11 is 0. The summed E-state index contributed by atoms with van der Waals surface area (Å²) in [4.78, 5) is 10.6. The molecule has 0 saturated heterocycles. The normalized spacial score (nSPS) is 34.5. The Labute approximate surface area is 76.9 Å². The van der Waals surface area contributed by atoms with E-state index in [0.717, 1.165) is 0 Å². The van der Waals surface area contributed by atoms with E-state index in [1.165, 1.54) is 0 Å². The Bertz CT molecular complexity index is 184. The summed E-state index contributed by atoms with van der Waals surface area (Å²) in [6, 6.07) is 0. The summed E-state index contributed by atoms with van der Waals surface area (Å²) in [5, 5.41) is 8.66. The molecule has 0 aromatic heterocycles. The lowest BCUT2D eigenvalue weighted by atomic mass is 9.86. The smallest absolute Gasteiger partial charge is 0.306 e. The Morgan fingerprint density at radius 3 is 2.77 bits per heavy atom. The number of ether oxygens (including phenoxy) is 1. The van der Waals surface area contributed by atoms with Crippen LogP contribution in [-0.2, 0) is 9.53 Å². The van der Waals surface area contributed by atoms with Gasteiger partial charge in [-0.15, -0.1) is 0 Å². The predicted molar refractivity (Wildman–Crippen MR) is 45.3 cm³/mol. The van der Waals surface area contributed by atoms with Crippen molar-refractivity contribution in [2.45, 2.75) is 38.5 Å². The first-order valence-corrected chi connectivity index (χ1v) is 4.63. The highest BCUT2D eigenvalue weighted by molar-refractivity contribution is 5.70. The fourth-order valence-electron chi connectivity index (χ4n) is 1.71. The molecule has 0 aromatic rings. The zero-order valence-electron chi connectivity index (χ0n) is 7.70. The predicted octanol–water partition coefficient (Wildman–Crippen LogP) is 1.61. The van der Waals surface area contributed by atoms with Crippen LogP contribution in [0.4, 0.5) is 4.39 Å². The third-order valence-corrected chi connectivity index (χ3v) is 2.44. The summed E-state index contributed by atoms with van der Waals surface area (Å²) in [7, 11) is 0. The van der Waals surface area contributed by atoms with Gasteiger partial charge in [-0.2, -0.15) is 0 Å². The van der Waals surface area contributed by atoms with Crippen molar-refractivity contribution in [3.63, 3.8) is 0 Å². The van der Waals surface area contributed by atoms with Gasteiger partial charge in [0.05, 0.1) is 12.0 Å². The van der Waals surface area contributed by atoms with Gasteiger partial charge in [-0.05, 0) is 26.2 Å². The van der Waals surface area contributed by atoms with Crippen LogP contribution in [0.3, 0.4) is 0 Å². The molecule has 4 heteroatoms. The number of hydrogen-bond donors (Lipinski definition) is 1. The average molecular weight is 190 g/mol. The van der Waals surface area contributed by atoms with Gasteiger partial charge in [-0.1, -0.05) is 0 Å². The summed E-state index contributed by atoms with van der Waals surface area (Å²) < 4.78 is 18.4. The molecule has 3 atom stereocenters. The first-order valence-electron chi connectivity index (χ1n) is 4.63. The molecule has 1 rings (SSSR count). The first-order chi connectivity index (χ1) is 6.15. The Hall–Kier alpha value is -0.640. The highest BCUT2D eigenvalue weighted by Crippen LogP contribution is 2.28. The summed E-state index contributed by atoms with van der Waals surface area (Å²) in [6.45, 7) is 2.30. The van der Waals surface area contributed by atoms with Gasteiger partial charge in [-0.3, -0.25) is 4.79 Å². The van der Waals surface area contributed by atoms with Crippen LogP contribution in [-0.4, -0.2) is 30.0 Å². The molecule has 1 saturated carbocycles. The third-order valence-electron chi connectivity index (χ3n) is 2.44. The zero-order valence-corrected chi connectivity index (χ0v) is 7.70. The molecule has 1 fully saturated rings. The van der Waals surface area contributed by atoms with E-state index in [-0.39, 0.29) is 12.5 Å². The maximum atomic E-state index is 13.3. The van der Waals surface area contributed by atoms with Gasteiger partial charge in [0.1, 0.15) is 6.17 Å². The van der Waals surface area contributed by atoms with Crippen LogP contribution in [0.15, 0.2) is 0 Å². The molecule has 3 nitrogen and oxygen atoms in total. The van der Waals surface area contributed by atoms with Crippen molar-refractivity contribution in [3.05, 3.63) is 0 Å². The lowest BCUT2D eigenvalue weighted by molar-refractivity contribution is -0.145. The Balaban J connectivity index is 2.41. The van der Waals surface area contributed by atoms with Crippen LogP contribution >= 0.6 is 0 Å². The molecule has 0 aromatic carbocycles. The van der Waals surface area contributed by atoms with E-state index < -0.39 is 18.1 Å². The van der Waals surface area contributed by atoms with Gasteiger partial charge >= 0.3 is 5.97 Å². The van der Waals surface area contributed by atoms with Crippen molar-refractivity contribution in [1.29, 1.82) is 0 Å². The van der Waals surface area contributed by atoms with E-state index in [1.807, 2.05) is 6.92 Å². The van der Waals surface area contributed by atoms with Gasteiger partial charge < -0.3 is 9.84 Å². The van der Waals surface area contributed by atoms with Crippen LogP contribution in [0.5, 0.6) is 0 Å². The van der Waals surface area contributed by atoms with Crippen molar-refractivity contribution < 1.29 is 19.0 Å². The van der Waals surface area contributed by atoms with Crippen LogP contribution in [0.2, 0.25) is 0 Å². The summed E-state index contributed by atoms with van der Waals surface area (Å²) in [5.41, 5.74) is 0. The largest absolute Gasteiger partial charge is 0.481 e. The zero-order chi connectivity index (χ0) is 9.84. The SMILES string of the molecule is CCO[C@@H]1CC[C@@H](C(=O)O)C[C@@H]1F. The molecule has 13 heavy (non-hydrogen) atoms. The van der Waals surface area contributed by atoms with E-state index in [4.69, 9.17) is 9.84 Å². The molecule has 1 N–H and O–H groups in total. The van der Waals surface area contributed by atoms with Crippen LogP contribution in [0.1, 0.15) is 26.2 Å². The average Bonchev–Trinajstić information content (AvgIpc) is 2.08. The minimum absolute atomic E-state index is 0.0972. The number of rotatable bonds is 3. The van der Waals surface area contributed by atoms with Crippen molar-refractivity contribution >= 4 is 5.97 Å². The number of carbonyl (C=O) groups is 1. The third kappa shape index (κ3) is 2.66. The maximum absolute atomic E-state index is 13.3. The highest BCUT2D eigenvalue weighted by Gasteiger charge is 2.34. The van der Waals surface area contributed by atoms with Crippen molar-refractivity contribution in [1.82, 2.24) is 0 Å². The Morgan fingerprint density at radius 2 is 2.31 bits per heavy atom. The number of carboxylic acids is 1. The lowest BCUT2D eigenvalue weighted by Gasteiger charge is -2.29. The van der Waals surface area contributed by atoms with E-state index >= 15 is 0 Å². The van der Waals surface area contributed by atoms with Gasteiger partial charge in [0, 0.05) is 6.61 Å². The molecule has 0 aliphatic heterocycles. The molecule has 0 unspecified atom stereocenters. The second-order valence-electron chi connectivity index (χ2n) is 3.36. The molecule has 0 bridgehead atoms. The topological polar surface area (TPSA) is 46.5 Å². The minimum Gasteiger partial charge on any atom is -0.481 e. The molecule has 1 aliphatic rings. The van der Waals surface area contributed by atoms with Gasteiger partial charge in [0.2, 0.25) is 0 Å². The van der Waals surface area contributed by atoms with Crippen molar-refractivity contribution in [2.75, 3.05) is 6.61 Å². The van der Waals surface area contributed by atoms with Crippen molar-refractivity contribution in [3.8, 4) is 0 Å². The van der Waals surface area contributed by atoms with E-state index in [2.05, 4.69) is 0 Å². The van der Waals surface area contributed by atoms with Crippen LogP contribution in [0, 0.1) is 5.92 Å². The molecule has 76 valence electrons. The standard InChI is InChI=1S/C9H15FO3/c1-2-13-8-4-3-6(9(11)12)5-7(8)10/h6-8H,2-5H2,1H3,(H,11,12)/t6-,7+,8-/m1/s1. The highest BCUT2D eigenvalue weighted by atomic mass is 19.1. The maximum Gasteiger partial charge on any atom is 0.306 e. The number of carboxylic acid groups (broad SMARTS) is 1. The van der Waals surface area contributed by atoms with E-state index in [1.54, 1.807) is 0 Å². The summed E-state index contributed by atoms with van der Waals surface area (Å²) in [6.07, 6.45) is -0.359. The molecular weight excluding hydrogens is 175 g/mol. The van der Waals surface area contributed by atoms with E-state index in [0.29, 0.717) is 19.4 Å². The number of hydrogen-bond acceptors (Lipinski definition) is 2. The first kappa shape index (κ1) is 10.4. The Morgan fingerprint density at radius 1 is 1.62 bits per heavy atom. The molecular formula is C9H15FO3. The fraction of sp³-hybridized carbons (Fsp3) is 0.889. The molecule has 0 radical (unpaired) electrons. The van der Waals surface area contributed by atoms with Crippen LogP contribution < -0.4 is 0 Å².